The summed E-state index contributed by atoms with van der Waals surface area (Å²) in [6.07, 6.45) is 1.59. The van der Waals surface area contributed by atoms with Crippen molar-refractivity contribution in [1.82, 2.24) is 14.9 Å². The van der Waals surface area contributed by atoms with Gasteiger partial charge in [0.2, 0.25) is 0 Å². The van der Waals surface area contributed by atoms with Crippen molar-refractivity contribution in [1.29, 1.82) is 0 Å². The lowest BCUT2D eigenvalue weighted by atomic mass is 10.2. The van der Waals surface area contributed by atoms with Crippen LogP contribution >= 0.6 is 0 Å². The molecule has 0 aliphatic carbocycles. The maximum absolute atomic E-state index is 12.1. The summed E-state index contributed by atoms with van der Waals surface area (Å²) in [6.45, 7) is 2.32. The number of aryl methyl sites for hydroxylation is 2. The molecule has 2 heterocycles. The van der Waals surface area contributed by atoms with E-state index in [9.17, 15) is 4.79 Å². The molecule has 0 bridgehead atoms. The van der Waals surface area contributed by atoms with Crippen LogP contribution in [-0.2, 0) is 13.6 Å². The minimum Gasteiger partial charge on any atom is -0.467 e. The fourth-order valence-electron chi connectivity index (χ4n) is 2.14. The van der Waals surface area contributed by atoms with Gasteiger partial charge in [-0.15, -0.1) is 0 Å². The van der Waals surface area contributed by atoms with Gasteiger partial charge in [0.1, 0.15) is 11.6 Å². The first kappa shape index (κ1) is 12.5. The van der Waals surface area contributed by atoms with Crippen LogP contribution < -0.4 is 5.32 Å². The van der Waals surface area contributed by atoms with Gasteiger partial charge in [-0.1, -0.05) is 0 Å². The van der Waals surface area contributed by atoms with E-state index >= 15 is 0 Å². The first-order valence-corrected chi connectivity index (χ1v) is 6.39. The van der Waals surface area contributed by atoms with Crippen molar-refractivity contribution >= 4 is 16.9 Å². The van der Waals surface area contributed by atoms with Crippen LogP contribution in [0.1, 0.15) is 21.9 Å². The smallest absolute Gasteiger partial charge is 0.251 e. The molecule has 0 aliphatic rings. The summed E-state index contributed by atoms with van der Waals surface area (Å²) in [5.74, 6) is 1.52. The molecule has 1 N–H and O–H groups in total. The second-order valence-electron chi connectivity index (χ2n) is 4.68. The lowest BCUT2D eigenvalue weighted by Crippen LogP contribution is -2.22. The Morgan fingerprint density at radius 1 is 1.40 bits per heavy atom. The van der Waals surface area contributed by atoms with Crippen molar-refractivity contribution in [2.24, 2.45) is 7.05 Å². The summed E-state index contributed by atoms with van der Waals surface area (Å²) >= 11 is 0. The molecule has 3 rings (SSSR count). The zero-order valence-corrected chi connectivity index (χ0v) is 11.4. The number of rotatable bonds is 3. The standard InChI is InChI=1S/C15H15N3O2/c1-10-17-13-8-11(5-6-14(13)18(10)2)15(19)16-9-12-4-3-7-20-12/h3-8H,9H2,1-2H3,(H,16,19). The Balaban J connectivity index is 1.81. The number of carbonyl (C=O) groups excluding carboxylic acids is 1. The van der Waals surface area contributed by atoms with Gasteiger partial charge in [-0.05, 0) is 37.3 Å². The molecular weight excluding hydrogens is 254 g/mol. The average Bonchev–Trinajstić information content (AvgIpc) is 3.05. The molecule has 0 saturated heterocycles. The first-order chi connectivity index (χ1) is 9.65. The molecule has 0 atom stereocenters. The quantitative estimate of drug-likeness (QED) is 0.794. The zero-order valence-electron chi connectivity index (χ0n) is 11.4. The predicted molar refractivity (Wildman–Crippen MR) is 75.3 cm³/mol. The molecule has 0 spiro atoms. The minimum atomic E-state index is -0.133. The second-order valence-corrected chi connectivity index (χ2v) is 4.68. The molecule has 0 saturated carbocycles. The predicted octanol–water partition coefficient (Wildman–Crippen LogP) is 2.40. The van der Waals surface area contributed by atoms with Crippen molar-refractivity contribution in [2.75, 3.05) is 0 Å². The summed E-state index contributed by atoms with van der Waals surface area (Å²) in [4.78, 5) is 16.5. The van der Waals surface area contributed by atoms with Crippen molar-refractivity contribution in [2.45, 2.75) is 13.5 Å². The van der Waals surface area contributed by atoms with E-state index in [0.717, 1.165) is 22.6 Å². The van der Waals surface area contributed by atoms with E-state index in [1.807, 2.05) is 30.7 Å². The van der Waals surface area contributed by atoms with Crippen LogP contribution in [0.2, 0.25) is 0 Å². The van der Waals surface area contributed by atoms with Crippen LogP contribution in [0.3, 0.4) is 0 Å². The molecule has 5 heteroatoms. The van der Waals surface area contributed by atoms with Gasteiger partial charge in [0.25, 0.3) is 5.91 Å². The lowest BCUT2D eigenvalue weighted by Gasteiger charge is -2.03. The number of fused-ring (bicyclic) bond motifs is 1. The summed E-state index contributed by atoms with van der Waals surface area (Å²) in [6, 6.07) is 9.15. The number of benzene rings is 1. The number of aromatic nitrogens is 2. The van der Waals surface area contributed by atoms with E-state index in [1.54, 1.807) is 24.5 Å². The van der Waals surface area contributed by atoms with Crippen molar-refractivity contribution in [3.8, 4) is 0 Å². The molecule has 0 unspecified atom stereocenters. The average molecular weight is 269 g/mol. The number of nitrogens with zero attached hydrogens (tertiary/aromatic N) is 2. The van der Waals surface area contributed by atoms with E-state index in [-0.39, 0.29) is 5.91 Å². The zero-order chi connectivity index (χ0) is 14.1. The summed E-state index contributed by atoms with van der Waals surface area (Å²) in [5, 5.41) is 2.82. The van der Waals surface area contributed by atoms with Gasteiger partial charge in [-0.2, -0.15) is 0 Å². The SMILES string of the molecule is Cc1nc2cc(C(=O)NCc3ccco3)ccc2n1C. The van der Waals surface area contributed by atoms with Crippen LogP contribution in [-0.4, -0.2) is 15.5 Å². The first-order valence-electron chi connectivity index (χ1n) is 6.39. The Bertz CT molecular complexity index is 757. The van der Waals surface area contributed by atoms with Gasteiger partial charge < -0.3 is 14.3 Å². The maximum Gasteiger partial charge on any atom is 0.251 e. The highest BCUT2D eigenvalue weighted by Crippen LogP contribution is 2.16. The fourth-order valence-corrected chi connectivity index (χ4v) is 2.14. The second kappa shape index (κ2) is 4.85. The monoisotopic (exact) mass is 269 g/mol. The molecule has 20 heavy (non-hydrogen) atoms. The Labute approximate surface area is 116 Å². The number of nitrogens with one attached hydrogen (secondary N) is 1. The molecule has 0 fully saturated rings. The Morgan fingerprint density at radius 2 is 2.25 bits per heavy atom. The summed E-state index contributed by atoms with van der Waals surface area (Å²) in [7, 11) is 1.96. The van der Waals surface area contributed by atoms with E-state index in [4.69, 9.17) is 4.42 Å². The third-order valence-electron chi connectivity index (χ3n) is 3.37. The molecule has 1 aromatic carbocycles. The number of furan rings is 1. The molecule has 2 aromatic heterocycles. The van der Waals surface area contributed by atoms with E-state index in [0.29, 0.717) is 12.1 Å². The molecule has 0 radical (unpaired) electrons. The maximum atomic E-state index is 12.1. The number of hydrogen-bond donors (Lipinski definition) is 1. The Hall–Kier alpha value is -2.56. The topological polar surface area (TPSA) is 60.1 Å². The third-order valence-corrected chi connectivity index (χ3v) is 3.37. The molecule has 5 nitrogen and oxygen atoms in total. The largest absolute Gasteiger partial charge is 0.467 e. The molecular formula is C15H15N3O2. The molecule has 1 amide bonds. The van der Waals surface area contributed by atoms with Crippen LogP contribution in [0.25, 0.3) is 11.0 Å². The highest BCUT2D eigenvalue weighted by atomic mass is 16.3. The van der Waals surface area contributed by atoms with Crippen LogP contribution in [0.5, 0.6) is 0 Å². The van der Waals surface area contributed by atoms with E-state index in [1.165, 1.54) is 0 Å². The van der Waals surface area contributed by atoms with Gasteiger partial charge in [0.15, 0.2) is 0 Å². The van der Waals surface area contributed by atoms with Crippen LogP contribution in [0, 0.1) is 6.92 Å². The lowest BCUT2D eigenvalue weighted by molar-refractivity contribution is 0.0948. The number of carbonyl (C=O) groups is 1. The molecule has 0 aliphatic heterocycles. The fraction of sp³-hybridized carbons (Fsp3) is 0.200. The minimum absolute atomic E-state index is 0.133. The Morgan fingerprint density at radius 3 is 3.00 bits per heavy atom. The summed E-state index contributed by atoms with van der Waals surface area (Å²) < 4.78 is 7.18. The molecule has 102 valence electrons. The van der Waals surface area contributed by atoms with Gasteiger partial charge >= 0.3 is 0 Å². The van der Waals surface area contributed by atoms with Crippen molar-refractivity contribution in [3.63, 3.8) is 0 Å². The van der Waals surface area contributed by atoms with Crippen molar-refractivity contribution < 1.29 is 9.21 Å². The third kappa shape index (κ3) is 2.18. The highest BCUT2D eigenvalue weighted by molar-refractivity contribution is 5.97. The normalized spacial score (nSPS) is 10.9. The van der Waals surface area contributed by atoms with Crippen LogP contribution in [0.15, 0.2) is 41.0 Å². The number of imidazole rings is 1. The number of amides is 1. The summed E-state index contributed by atoms with van der Waals surface area (Å²) in [5.41, 5.74) is 2.45. The number of hydrogen-bond acceptors (Lipinski definition) is 3. The van der Waals surface area contributed by atoms with Gasteiger partial charge in [0.05, 0.1) is 23.8 Å². The van der Waals surface area contributed by atoms with Crippen molar-refractivity contribution in [3.05, 3.63) is 53.7 Å². The van der Waals surface area contributed by atoms with E-state index < -0.39 is 0 Å². The van der Waals surface area contributed by atoms with Gasteiger partial charge in [-0.25, -0.2) is 4.98 Å². The van der Waals surface area contributed by atoms with Gasteiger partial charge in [0, 0.05) is 12.6 Å². The van der Waals surface area contributed by atoms with Gasteiger partial charge in [-0.3, -0.25) is 4.79 Å². The Kier molecular flexibility index (Phi) is 3.02. The molecule has 3 aromatic rings. The van der Waals surface area contributed by atoms with Crippen LogP contribution in [0.4, 0.5) is 0 Å². The highest BCUT2D eigenvalue weighted by Gasteiger charge is 2.10. The van der Waals surface area contributed by atoms with E-state index in [2.05, 4.69) is 10.3 Å².